The van der Waals surface area contributed by atoms with E-state index in [1.54, 1.807) is 0 Å². The van der Waals surface area contributed by atoms with Crippen molar-refractivity contribution in [1.82, 2.24) is 10.2 Å². The molecule has 0 saturated carbocycles. The van der Waals surface area contributed by atoms with Gasteiger partial charge in [0, 0.05) is 37.3 Å². The predicted molar refractivity (Wildman–Crippen MR) is 75.9 cm³/mol. The molecule has 0 aromatic rings. The highest BCUT2D eigenvalue weighted by molar-refractivity contribution is 5.00. The van der Waals surface area contributed by atoms with Gasteiger partial charge in [-0.1, -0.05) is 27.2 Å². The molecule has 106 valence electrons. The molecule has 2 unspecified atom stereocenters. The van der Waals surface area contributed by atoms with Gasteiger partial charge in [-0.3, -0.25) is 4.90 Å². The first-order valence-electron chi connectivity index (χ1n) is 7.83. The van der Waals surface area contributed by atoms with Crippen LogP contribution < -0.4 is 5.32 Å². The zero-order valence-corrected chi connectivity index (χ0v) is 12.4. The van der Waals surface area contributed by atoms with Crippen LogP contribution in [0.2, 0.25) is 0 Å². The summed E-state index contributed by atoms with van der Waals surface area (Å²) in [4.78, 5) is 2.79. The average molecular weight is 254 g/mol. The molecule has 2 aliphatic rings. The van der Waals surface area contributed by atoms with E-state index in [0.29, 0.717) is 17.6 Å². The van der Waals surface area contributed by atoms with Gasteiger partial charge < -0.3 is 10.1 Å². The molecule has 2 heterocycles. The van der Waals surface area contributed by atoms with Gasteiger partial charge in [0.25, 0.3) is 0 Å². The molecule has 2 rings (SSSR count). The molecule has 0 aliphatic carbocycles. The quantitative estimate of drug-likeness (QED) is 0.815. The lowest BCUT2D eigenvalue weighted by Crippen LogP contribution is -2.66. The molecule has 2 saturated heterocycles. The highest BCUT2D eigenvalue weighted by Crippen LogP contribution is 2.32. The molecule has 2 fully saturated rings. The lowest BCUT2D eigenvalue weighted by molar-refractivity contribution is -0.00918. The van der Waals surface area contributed by atoms with Crippen molar-refractivity contribution in [3.05, 3.63) is 0 Å². The minimum atomic E-state index is 0.364. The van der Waals surface area contributed by atoms with Crippen molar-refractivity contribution in [3.8, 4) is 0 Å². The van der Waals surface area contributed by atoms with Gasteiger partial charge >= 0.3 is 0 Å². The molecule has 0 radical (unpaired) electrons. The maximum Gasteiger partial charge on any atom is 0.0622 e. The molecule has 3 nitrogen and oxygen atoms in total. The van der Waals surface area contributed by atoms with Crippen LogP contribution in [0.4, 0.5) is 0 Å². The minimum absolute atomic E-state index is 0.364. The van der Waals surface area contributed by atoms with E-state index in [0.717, 1.165) is 19.8 Å². The lowest BCUT2D eigenvalue weighted by atomic mass is 9.85. The fraction of sp³-hybridized carbons (Fsp3) is 1.00. The first-order valence-corrected chi connectivity index (χ1v) is 7.83. The van der Waals surface area contributed by atoms with E-state index in [-0.39, 0.29) is 0 Å². The fourth-order valence-electron chi connectivity index (χ4n) is 3.68. The number of hydrogen-bond acceptors (Lipinski definition) is 3. The highest BCUT2D eigenvalue weighted by atomic mass is 16.5. The summed E-state index contributed by atoms with van der Waals surface area (Å²) in [5, 5.41) is 3.78. The molecular weight excluding hydrogens is 224 g/mol. The summed E-state index contributed by atoms with van der Waals surface area (Å²) in [6, 6.07) is 1.34. The van der Waals surface area contributed by atoms with E-state index in [9.17, 15) is 0 Å². The van der Waals surface area contributed by atoms with Crippen LogP contribution in [0.15, 0.2) is 0 Å². The van der Waals surface area contributed by atoms with E-state index in [1.165, 1.54) is 38.6 Å². The molecule has 2 aliphatic heterocycles. The largest absolute Gasteiger partial charge is 0.380 e. The van der Waals surface area contributed by atoms with Crippen LogP contribution in [-0.2, 0) is 4.74 Å². The Morgan fingerprint density at radius 3 is 2.61 bits per heavy atom. The van der Waals surface area contributed by atoms with Crippen LogP contribution in [-0.4, -0.2) is 48.8 Å². The van der Waals surface area contributed by atoms with Gasteiger partial charge in [-0.15, -0.1) is 0 Å². The number of rotatable bonds is 5. The lowest BCUT2D eigenvalue weighted by Gasteiger charge is -2.52. The molecule has 0 bridgehead atoms. The van der Waals surface area contributed by atoms with Crippen LogP contribution in [0.1, 0.15) is 52.9 Å². The van der Waals surface area contributed by atoms with Crippen molar-refractivity contribution >= 4 is 0 Å². The number of nitrogens with one attached hydrogen (secondary N) is 1. The normalized spacial score (nSPS) is 32.8. The standard InChI is InChI=1S/C15H30N2O/c1-4-7-13-10-17(14-8-9-18-11-14)15(5-2,6-3)12-16-13/h13-14,16H,4-12H2,1-3H3. The van der Waals surface area contributed by atoms with Gasteiger partial charge in [-0.05, 0) is 25.7 Å². The van der Waals surface area contributed by atoms with Gasteiger partial charge in [0.1, 0.15) is 0 Å². The highest BCUT2D eigenvalue weighted by Gasteiger charge is 2.42. The number of hydrogen-bond donors (Lipinski definition) is 1. The Morgan fingerprint density at radius 2 is 2.06 bits per heavy atom. The summed E-state index contributed by atoms with van der Waals surface area (Å²) in [7, 11) is 0. The second kappa shape index (κ2) is 6.36. The van der Waals surface area contributed by atoms with E-state index in [1.807, 2.05) is 0 Å². The van der Waals surface area contributed by atoms with Crippen LogP contribution in [0.3, 0.4) is 0 Å². The molecule has 0 aromatic carbocycles. The first kappa shape index (κ1) is 14.3. The SMILES string of the molecule is CCCC1CN(C2CCOC2)C(CC)(CC)CN1. The van der Waals surface area contributed by atoms with E-state index in [4.69, 9.17) is 4.74 Å². The zero-order chi connectivity index (χ0) is 13.0. The summed E-state index contributed by atoms with van der Waals surface area (Å²) in [5.74, 6) is 0. The van der Waals surface area contributed by atoms with Crippen molar-refractivity contribution in [2.75, 3.05) is 26.3 Å². The van der Waals surface area contributed by atoms with E-state index in [2.05, 4.69) is 31.0 Å². The maximum absolute atomic E-state index is 5.63. The maximum atomic E-state index is 5.63. The molecule has 0 aromatic heterocycles. The Balaban J connectivity index is 2.09. The van der Waals surface area contributed by atoms with Gasteiger partial charge in [-0.2, -0.15) is 0 Å². The van der Waals surface area contributed by atoms with Crippen LogP contribution in [0, 0.1) is 0 Å². The molecule has 1 N–H and O–H groups in total. The number of nitrogens with zero attached hydrogens (tertiary/aromatic N) is 1. The summed E-state index contributed by atoms with van der Waals surface area (Å²) in [5.41, 5.74) is 0.364. The Hall–Kier alpha value is -0.120. The minimum Gasteiger partial charge on any atom is -0.380 e. The number of piperazine rings is 1. The average Bonchev–Trinajstić information content (AvgIpc) is 2.93. The molecular formula is C15H30N2O. The molecule has 3 heteroatoms. The summed E-state index contributed by atoms with van der Waals surface area (Å²) >= 11 is 0. The van der Waals surface area contributed by atoms with Crippen molar-refractivity contribution in [2.45, 2.75) is 70.5 Å². The molecule has 2 atom stereocenters. The summed E-state index contributed by atoms with van der Waals surface area (Å²) in [6.45, 7) is 11.2. The third-order valence-electron chi connectivity index (χ3n) is 5.05. The van der Waals surface area contributed by atoms with Crippen LogP contribution in [0.25, 0.3) is 0 Å². The van der Waals surface area contributed by atoms with Gasteiger partial charge in [0.2, 0.25) is 0 Å². The van der Waals surface area contributed by atoms with Crippen LogP contribution >= 0.6 is 0 Å². The zero-order valence-electron chi connectivity index (χ0n) is 12.4. The Kier molecular flexibility index (Phi) is 5.05. The Morgan fingerprint density at radius 1 is 1.28 bits per heavy atom. The fourth-order valence-corrected chi connectivity index (χ4v) is 3.68. The van der Waals surface area contributed by atoms with E-state index >= 15 is 0 Å². The van der Waals surface area contributed by atoms with Crippen molar-refractivity contribution < 1.29 is 4.74 Å². The first-order chi connectivity index (χ1) is 8.75. The Bertz CT molecular complexity index is 247. The Labute approximate surface area is 112 Å². The van der Waals surface area contributed by atoms with Gasteiger partial charge in [0.15, 0.2) is 0 Å². The van der Waals surface area contributed by atoms with E-state index < -0.39 is 0 Å². The molecule has 0 spiro atoms. The van der Waals surface area contributed by atoms with Crippen molar-refractivity contribution in [1.29, 1.82) is 0 Å². The second-order valence-electron chi connectivity index (χ2n) is 5.97. The van der Waals surface area contributed by atoms with Gasteiger partial charge in [-0.25, -0.2) is 0 Å². The topological polar surface area (TPSA) is 24.5 Å². The molecule has 0 amide bonds. The number of ether oxygens (including phenoxy) is 1. The van der Waals surface area contributed by atoms with Gasteiger partial charge in [0.05, 0.1) is 6.61 Å². The summed E-state index contributed by atoms with van der Waals surface area (Å²) in [6.07, 6.45) is 6.28. The summed E-state index contributed by atoms with van der Waals surface area (Å²) < 4.78 is 5.63. The third-order valence-corrected chi connectivity index (χ3v) is 5.05. The van der Waals surface area contributed by atoms with Crippen molar-refractivity contribution in [2.24, 2.45) is 0 Å². The van der Waals surface area contributed by atoms with Crippen molar-refractivity contribution in [3.63, 3.8) is 0 Å². The molecule has 18 heavy (non-hydrogen) atoms. The van der Waals surface area contributed by atoms with Crippen LogP contribution in [0.5, 0.6) is 0 Å². The second-order valence-corrected chi connectivity index (χ2v) is 5.97. The predicted octanol–water partition coefficient (Wildman–Crippen LogP) is 2.41. The smallest absolute Gasteiger partial charge is 0.0622 e. The third kappa shape index (κ3) is 2.73. The monoisotopic (exact) mass is 254 g/mol.